The summed E-state index contributed by atoms with van der Waals surface area (Å²) in [7, 11) is 0. The van der Waals surface area contributed by atoms with Crippen molar-refractivity contribution in [1.29, 1.82) is 0 Å². The number of rotatable bonds is 3. The van der Waals surface area contributed by atoms with E-state index in [1.165, 1.54) is 36.6 Å². The lowest BCUT2D eigenvalue weighted by atomic mass is 9.98. The van der Waals surface area contributed by atoms with Gasteiger partial charge < -0.3 is 5.11 Å². The Labute approximate surface area is 116 Å². The maximum absolute atomic E-state index is 13.3. The molecule has 0 heterocycles. The number of benzene rings is 2. The highest BCUT2D eigenvalue weighted by Crippen LogP contribution is 2.41. The number of aliphatic hydroxyl groups excluding tert-OH is 1. The molecule has 1 nitrogen and oxygen atoms in total. The maximum atomic E-state index is 13.3. The molecule has 1 N–H and O–H groups in total. The number of hydrogen-bond acceptors (Lipinski definition) is 1. The van der Waals surface area contributed by atoms with Gasteiger partial charge in [-0.1, -0.05) is 35.9 Å². The Balaban J connectivity index is 1.96. The van der Waals surface area contributed by atoms with Gasteiger partial charge in [0.1, 0.15) is 11.9 Å². The van der Waals surface area contributed by atoms with Gasteiger partial charge in [0.05, 0.1) is 0 Å². The molecule has 0 spiro atoms. The summed E-state index contributed by atoms with van der Waals surface area (Å²) in [5.41, 5.74) is 2.41. The summed E-state index contributed by atoms with van der Waals surface area (Å²) in [6.07, 6.45) is 1.53. The van der Waals surface area contributed by atoms with Gasteiger partial charge in [-0.3, -0.25) is 0 Å². The van der Waals surface area contributed by atoms with Crippen LogP contribution in [0.5, 0.6) is 0 Å². The molecule has 0 aromatic heterocycles. The fraction of sp³-hybridized carbons (Fsp3) is 0.250. The highest BCUT2D eigenvalue weighted by Gasteiger charge is 2.24. The number of hydrogen-bond donors (Lipinski definition) is 1. The van der Waals surface area contributed by atoms with Crippen molar-refractivity contribution >= 4 is 11.6 Å². The van der Waals surface area contributed by atoms with Gasteiger partial charge in [0.25, 0.3) is 0 Å². The van der Waals surface area contributed by atoms with Crippen LogP contribution in [0.1, 0.15) is 41.6 Å². The highest BCUT2D eigenvalue weighted by atomic mass is 35.5. The van der Waals surface area contributed by atoms with Crippen molar-refractivity contribution < 1.29 is 9.50 Å². The summed E-state index contributed by atoms with van der Waals surface area (Å²) in [5, 5.41) is 10.8. The van der Waals surface area contributed by atoms with Crippen molar-refractivity contribution in [2.75, 3.05) is 0 Å². The van der Waals surface area contributed by atoms with Crippen LogP contribution in [-0.4, -0.2) is 5.11 Å². The minimum Gasteiger partial charge on any atom is -0.384 e. The second-order valence-corrected chi connectivity index (χ2v) is 5.42. The maximum Gasteiger partial charge on any atom is 0.123 e. The van der Waals surface area contributed by atoms with Crippen molar-refractivity contribution in [3.05, 3.63) is 70.0 Å². The van der Waals surface area contributed by atoms with Gasteiger partial charge in [-0.05, 0) is 48.1 Å². The van der Waals surface area contributed by atoms with Gasteiger partial charge in [0, 0.05) is 10.6 Å². The Morgan fingerprint density at radius 3 is 2.68 bits per heavy atom. The first-order valence-corrected chi connectivity index (χ1v) is 6.76. The first kappa shape index (κ1) is 12.6. The largest absolute Gasteiger partial charge is 0.384 e. The van der Waals surface area contributed by atoms with E-state index in [4.69, 9.17) is 11.6 Å². The second-order valence-electron chi connectivity index (χ2n) is 5.01. The zero-order chi connectivity index (χ0) is 13.4. The summed E-state index contributed by atoms with van der Waals surface area (Å²) in [6, 6.07) is 11.9. The summed E-state index contributed by atoms with van der Waals surface area (Å²) in [4.78, 5) is 0. The molecular weight excluding hydrogens is 263 g/mol. The molecule has 1 aliphatic carbocycles. The lowest BCUT2D eigenvalue weighted by molar-refractivity contribution is 0.220. The fourth-order valence-electron chi connectivity index (χ4n) is 2.30. The average Bonchev–Trinajstić information content (AvgIpc) is 3.25. The van der Waals surface area contributed by atoms with Crippen LogP contribution < -0.4 is 0 Å². The molecule has 0 bridgehead atoms. The van der Waals surface area contributed by atoms with Crippen LogP contribution in [-0.2, 0) is 0 Å². The third-order valence-electron chi connectivity index (χ3n) is 3.53. The lowest BCUT2D eigenvalue weighted by Gasteiger charge is -2.14. The van der Waals surface area contributed by atoms with Crippen LogP contribution in [0.25, 0.3) is 0 Å². The van der Waals surface area contributed by atoms with Gasteiger partial charge in [-0.25, -0.2) is 4.39 Å². The van der Waals surface area contributed by atoms with E-state index < -0.39 is 11.9 Å². The number of aliphatic hydroxyl groups is 1. The molecule has 1 saturated carbocycles. The molecule has 0 radical (unpaired) electrons. The molecule has 2 aromatic carbocycles. The van der Waals surface area contributed by atoms with Gasteiger partial charge in [-0.15, -0.1) is 0 Å². The van der Waals surface area contributed by atoms with E-state index in [1.807, 2.05) is 18.2 Å². The molecular formula is C16H14ClFO. The summed E-state index contributed by atoms with van der Waals surface area (Å²) in [5.74, 6) is 0.229. The van der Waals surface area contributed by atoms with Gasteiger partial charge >= 0.3 is 0 Å². The minimum absolute atomic E-state index is 0.380. The molecule has 2 aromatic rings. The molecule has 98 valence electrons. The van der Waals surface area contributed by atoms with Crippen molar-refractivity contribution in [1.82, 2.24) is 0 Å². The predicted octanol–water partition coefficient (Wildman–Crippen LogP) is 4.44. The first-order valence-electron chi connectivity index (χ1n) is 6.38. The van der Waals surface area contributed by atoms with Crippen molar-refractivity contribution in [2.24, 2.45) is 0 Å². The smallest absolute Gasteiger partial charge is 0.123 e. The Hall–Kier alpha value is -1.38. The Morgan fingerprint density at radius 1 is 1.16 bits per heavy atom. The topological polar surface area (TPSA) is 20.2 Å². The van der Waals surface area contributed by atoms with E-state index >= 15 is 0 Å². The molecule has 0 amide bonds. The zero-order valence-electron chi connectivity index (χ0n) is 10.3. The van der Waals surface area contributed by atoms with Crippen LogP contribution in [0.4, 0.5) is 4.39 Å². The van der Waals surface area contributed by atoms with Crippen molar-refractivity contribution in [2.45, 2.75) is 24.9 Å². The van der Waals surface area contributed by atoms with Crippen molar-refractivity contribution in [3.8, 4) is 0 Å². The molecule has 3 heteroatoms. The van der Waals surface area contributed by atoms with E-state index in [9.17, 15) is 9.50 Å². The van der Waals surface area contributed by atoms with Gasteiger partial charge in [-0.2, -0.15) is 0 Å². The van der Waals surface area contributed by atoms with Crippen LogP contribution in [0.3, 0.4) is 0 Å². The molecule has 0 saturated heterocycles. The SMILES string of the molecule is OC(c1cccc(C2CC2)c1)c1cc(F)ccc1Cl. The van der Waals surface area contributed by atoms with Gasteiger partial charge in [0.15, 0.2) is 0 Å². The monoisotopic (exact) mass is 276 g/mol. The number of halogens is 2. The third-order valence-corrected chi connectivity index (χ3v) is 3.87. The normalized spacial score (nSPS) is 16.4. The van der Waals surface area contributed by atoms with Crippen LogP contribution in [0, 0.1) is 5.82 Å². The Kier molecular flexibility index (Phi) is 3.29. The van der Waals surface area contributed by atoms with E-state index in [0.29, 0.717) is 16.5 Å². The molecule has 3 rings (SSSR count). The van der Waals surface area contributed by atoms with Crippen LogP contribution in [0.15, 0.2) is 42.5 Å². The van der Waals surface area contributed by atoms with Crippen LogP contribution in [0.2, 0.25) is 5.02 Å². The fourth-order valence-corrected chi connectivity index (χ4v) is 2.52. The molecule has 0 aliphatic heterocycles. The lowest BCUT2D eigenvalue weighted by Crippen LogP contribution is -2.01. The summed E-state index contributed by atoms with van der Waals surface area (Å²) < 4.78 is 13.3. The van der Waals surface area contributed by atoms with Crippen LogP contribution >= 0.6 is 11.6 Å². The standard InChI is InChI=1S/C16H14ClFO/c17-15-7-6-13(18)9-14(15)16(19)12-3-1-2-11(8-12)10-4-5-10/h1-3,6-10,16,19H,4-5H2. The van der Waals surface area contributed by atoms with E-state index in [0.717, 1.165) is 5.56 Å². The Bertz CT molecular complexity index is 607. The van der Waals surface area contributed by atoms with E-state index in [1.54, 1.807) is 0 Å². The minimum atomic E-state index is -0.887. The first-order chi connectivity index (χ1) is 9.15. The molecule has 1 unspecified atom stereocenters. The quantitative estimate of drug-likeness (QED) is 0.879. The third kappa shape index (κ3) is 2.65. The molecule has 1 fully saturated rings. The summed E-state index contributed by atoms with van der Waals surface area (Å²) in [6.45, 7) is 0. The average molecular weight is 277 g/mol. The molecule has 1 aliphatic rings. The zero-order valence-corrected chi connectivity index (χ0v) is 11.1. The predicted molar refractivity (Wildman–Crippen MR) is 73.9 cm³/mol. The van der Waals surface area contributed by atoms with E-state index in [2.05, 4.69) is 6.07 Å². The van der Waals surface area contributed by atoms with Crippen molar-refractivity contribution in [3.63, 3.8) is 0 Å². The summed E-state index contributed by atoms with van der Waals surface area (Å²) >= 11 is 6.03. The second kappa shape index (κ2) is 4.95. The van der Waals surface area contributed by atoms with Gasteiger partial charge in [0.2, 0.25) is 0 Å². The highest BCUT2D eigenvalue weighted by molar-refractivity contribution is 6.31. The molecule has 19 heavy (non-hydrogen) atoms. The van der Waals surface area contributed by atoms with E-state index in [-0.39, 0.29) is 0 Å². The Morgan fingerprint density at radius 2 is 1.95 bits per heavy atom. The molecule has 1 atom stereocenters.